The van der Waals surface area contributed by atoms with Crippen LogP contribution in [0.3, 0.4) is 0 Å². The zero-order valence-electron chi connectivity index (χ0n) is 20.5. The maximum Gasteiger partial charge on any atom is 0.264 e. The van der Waals surface area contributed by atoms with Crippen molar-refractivity contribution in [3.8, 4) is 5.75 Å². The van der Waals surface area contributed by atoms with E-state index in [2.05, 4.69) is 5.32 Å². The number of rotatable bonds is 9. The highest BCUT2D eigenvalue weighted by Gasteiger charge is 2.30. The molecule has 37 heavy (non-hydrogen) atoms. The van der Waals surface area contributed by atoms with Crippen LogP contribution in [0.25, 0.3) is 0 Å². The number of carbonyl (C=O) groups excluding carboxylic acids is 1. The molecule has 0 radical (unpaired) electrons. The third kappa shape index (κ3) is 6.13. The molecule has 0 heterocycles. The van der Waals surface area contributed by atoms with Crippen molar-refractivity contribution in [3.05, 3.63) is 125 Å². The first-order valence-corrected chi connectivity index (χ1v) is 13.4. The topological polar surface area (TPSA) is 75.7 Å². The fourth-order valence-corrected chi connectivity index (χ4v) is 5.59. The van der Waals surface area contributed by atoms with E-state index in [-0.39, 0.29) is 16.3 Å². The number of aryl methyl sites for hydroxylation is 1. The number of benzene rings is 4. The first-order chi connectivity index (χ1) is 17.8. The molecule has 8 heteroatoms. The lowest BCUT2D eigenvalue weighted by Gasteiger charge is -2.27. The Bertz CT molecular complexity index is 1460. The fourth-order valence-electron chi connectivity index (χ4n) is 3.98. The number of nitrogens with zero attached hydrogens (tertiary/aromatic N) is 1. The molecule has 6 nitrogen and oxygen atoms in total. The molecule has 0 spiro atoms. The number of carbonyl (C=O) groups is 1. The minimum absolute atomic E-state index is 0.0444. The Morgan fingerprint density at radius 2 is 1.49 bits per heavy atom. The van der Waals surface area contributed by atoms with Gasteiger partial charge in [-0.2, -0.15) is 0 Å². The first kappa shape index (κ1) is 26.3. The third-order valence-electron chi connectivity index (χ3n) is 5.88. The summed E-state index contributed by atoms with van der Waals surface area (Å²) >= 11 is 6.23. The summed E-state index contributed by atoms with van der Waals surface area (Å²) in [5, 5.41) is 3.34. The lowest BCUT2D eigenvalue weighted by molar-refractivity contribution is -0.120. The molecule has 0 saturated carbocycles. The molecule has 4 rings (SSSR count). The van der Waals surface area contributed by atoms with Crippen molar-refractivity contribution in [1.29, 1.82) is 0 Å². The van der Waals surface area contributed by atoms with Crippen molar-refractivity contribution >= 4 is 33.2 Å². The molecule has 1 atom stereocenters. The van der Waals surface area contributed by atoms with Crippen LogP contribution in [0.4, 0.5) is 5.69 Å². The second-order valence-corrected chi connectivity index (χ2v) is 10.8. The van der Waals surface area contributed by atoms with E-state index in [9.17, 15) is 13.2 Å². The Kier molecular flexibility index (Phi) is 8.16. The average molecular weight is 535 g/mol. The zero-order chi connectivity index (χ0) is 26.4. The number of sulfonamides is 1. The largest absolute Gasteiger partial charge is 0.495 e. The van der Waals surface area contributed by atoms with E-state index < -0.39 is 28.5 Å². The van der Waals surface area contributed by atoms with E-state index in [1.807, 2.05) is 61.5 Å². The molecule has 190 valence electrons. The molecule has 0 fully saturated rings. The highest BCUT2D eigenvalue weighted by atomic mass is 35.5. The molecule has 0 unspecified atom stereocenters. The van der Waals surface area contributed by atoms with Crippen LogP contribution in [0, 0.1) is 6.92 Å². The van der Waals surface area contributed by atoms with E-state index in [1.165, 1.54) is 25.3 Å². The number of anilines is 1. The van der Waals surface area contributed by atoms with Crippen molar-refractivity contribution in [1.82, 2.24) is 5.32 Å². The molecule has 0 aromatic heterocycles. The van der Waals surface area contributed by atoms with Gasteiger partial charge in [0.25, 0.3) is 10.0 Å². The summed E-state index contributed by atoms with van der Waals surface area (Å²) in [4.78, 5) is 13.6. The zero-order valence-corrected chi connectivity index (χ0v) is 22.0. The summed E-state index contributed by atoms with van der Waals surface area (Å²) < 4.78 is 34.0. The Morgan fingerprint density at radius 3 is 2.11 bits per heavy atom. The van der Waals surface area contributed by atoms with Crippen molar-refractivity contribution in [2.75, 3.05) is 18.0 Å². The van der Waals surface area contributed by atoms with E-state index in [4.69, 9.17) is 16.3 Å². The van der Waals surface area contributed by atoms with Gasteiger partial charge in [-0.15, -0.1) is 0 Å². The maximum absolute atomic E-state index is 13.8. The summed E-state index contributed by atoms with van der Waals surface area (Å²) in [6.07, 6.45) is 0. The molecule has 0 bridgehead atoms. The van der Waals surface area contributed by atoms with Crippen LogP contribution in [0.15, 0.2) is 108 Å². The van der Waals surface area contributed by atoms with Crippen LogP contribution < -0.4 is 14.4 Å². The molecule has 1 N–H and O–H groups in total. The summed E-state index contributed by atoms with van der Waals surface area (Å²) in [5.74, 6) is -0.217. The van der Waals surface area contributed by atoms with Gasteiger partial charge in [-0.1, -0.05) is 90.0 Å². The monoisotopic (exact) mass is 534 g/mol. The highest BCUT2D eigenvalue weighted by Crippen LogP contribution is 2.35. The lowest BCUT2D eigenvalue weighted by Crippen LogP contribution is -2.42. The molecule has 0 aliphatic heterocycles. The molecule has 4 aromatic rings. The van der Waals surface area contributed by atoms with E-state index in [0.29, 0.717) is 5.02 Å². The summed E-state index contributed by atoms with van der Waals surface area (Å²) in [6.45, 7) is 1.51. The number of methoxy groups -OCH3 is 1. The standard InChI is InChI=1S/C29H27ClN2O4S/c1-21-13-15-23(16-14-21)29(22-9-5-3-6-10-22)31-28(33)20-32(26-19-24(30)17-18-27(26)36-2)37(34,35)25-11-7-4-8-12-25/h3-19,29H,20H2,1-2H3,(H,31,33)/t29-/m0/s1. The van der Waals surface area contributed by atoms with Crippen molar-refractivity contribution in [2.45, 2.75) is 17.9 Å². The van der Waals surface area contributed by atoms with Crippen LogP contribution >= 0.6 is 11.6 Å². The SMILES string of the molecule is COc1ccc(Cl)cc1N(CC(=O)N[C@@H](c1ccccc1)c1ccc(C)cc1)S(=O)(=O)c1ccccc1. The molecule has 1 amide bonds. The number of hydrogen-bond donors (Lipinski definition) is 1. The van der Waals surface area contributed by atoms with Gasteiger partial charge in [-0.05, 0) is 48.4 Å². The number of ether oxygens (including phenoxy) is 1. The van der Waals surface area contributed by atoms with Crippen LogP contribution in [0.2, 0.25) is 5.02 Å². The van der Waals surface area contributed by atoms with Crippen molar-refractivity contribution < 1.29 is 17.9 Å². The Balaban J connectivity index is 1.73. The quantitative estimate of drug-likeness (QED) is 0.296. The average Bonchev–Trinajstić information content (AvgIpc) is 2.92. The molecular formula is C29H27ClN2O4S. The second-order valence-electron chi connectivity index (χ2n) is 8.46. The van der Waals surface area contributed by atoms with Gasteiger partial charge in [0.05, 0.1) is 23.7 Å². The summed E-state index contributed by atoms with van der Waals surface area (Å²) in [7, 11) is -2.70. The van der Waals surface area contributed by atoms with Gasteiger partial charge < -0.3 is 10.1 Å². The van der Waals surface area contributed by atoms with Gasteiger partial charge in [-0.25, -0.2) is 8.42 Å². The lowest BCUT2D eigenvalue weighted by atomic mass is 9.98. The molecule has 4 aromatic carbocycles. The third-order valence-corrected chi connectivity index (χ3v) is 7.89. The minimum Gasteiger partial charge on any atom is -0.495 e. The van der Waals surface area contributed by atoms with Gasteiger partial charge in [0.1, 0.15) is 12.3 Å². The highest BCUT2D eigenvalue weighted by molar-refractivity contribution is 7.92. The predicted octanol–water partition coefficient (Wildman–Crippen LogP) is 5.76. The van der Waals surface area contributed by atoms with E-state index in [0.717, 1.165) is 21.0 Å². The minimum atomic E-state index is -4.14. The number of amides is 1. The second kappa shape index (κ2) is 11.5. The molecule has 0 saturated heterocycles. The van der Waals surface area contributed by atoms with Crippen molar-refractivity contribution in [2.24, 2.45) is 0 Å². The predicted molar refractivity (Wildman–Crippen MR) is 147 cm³/mol. The van der Waals surface area contributed by atoms with Crippen molar-refractivity contribution in [3.63, 3.8) is 0 Å². The normalized spacial score (nSPS) is 12.0. The summed E-state index contributed by atoms with van der Waals surface area (Å²) in [6, 6.07) is 29.5. The first-order valence-electron chi connectivity index (χ1n) is 11.6. The smallest absolute Gasteiger partial charge is 0.264 e. The van der Waals surface area contributed by atoms with Gasteiger partial charge in [0.2, 0.25) is 5.91 Å². The van der Waals surface area contributed by atoms with E-state index in [1.54, 1.807) is 30.3 Å². The van der Waals surface area contributed by atoms with Gasteiger partial charge in [0, 0.05) is 5.02 Å². The Hall–Kier alpha value is -3.81. The number of halogens is 1. The van der Waals surface area contributed by atoms with E-state index >= 15 is 0 Å². The van der Waals surface area contributed by atoms with Crippen LogP contribution in [0.1, 0.15) is 22.7 Å². The molecule has 0 aliphatic carbocycles. The van der Waals surface area contributed by atoms with Gasteiger partial charge in [0.15, 0.2) is 0 Å². The van der Waals surface area contributed by atoms with Crippen LogP contribution in [-0.2, 0) is 14.8 Å². The fraction of sp³-hybridized carbons (Fsp3) is 0.138. The summed E-state index contributed by atoms with van der Waals surface area (Å²) in [5.41, 5.74) is 3.01. The van der Waals surface area contributed by atoms with Crippen LogP contribution in [-0.4, -0.2) is 28.0 Å². The Labute approximate surface area is 222 Å². The van der Waals surface area contributed by atoms with Crippen LogP contribution in [0.5, 0.6) is 5.75 Å². The molecular weight excluding hydrogens is 508 g/mol. The molecule has 0 aliphatic rings. The Morgan fingerprint density at radius 1 is 0.892 bits per heavy atom. The van der Waals surface area contributed by atoms with Gasteiger partial charge in [-0.3, -0.25) is 9.10 Å². The number of hydrogen-bond acceptors (Lipinski definition) is 4. The maximum atomic E-state index is 13.8. The number of nitrogens with one attached hydrogen (secondary N) is 1. The van der Waals surface area contributed by atoms with Gasteiger partial charge >= 0.3 is 0 Å².